The molecule has 2 unspecified atom stereocenters. The monoisotopic (exact) mass is 240 g/mol. The quantitative estimate of drug-likeness (QED) is 0.751. The molecule has 17 heavy (non-hydrogen) atoms. The minimum absolute atomic E-state index is 0.0200. The molecule has 1 aliphatic carbocycles. The van der Waals surface area contributed by atoms with Crippen LogP contribution in [-0.2, 0) is 14.3 Å². The van der Waals surface area contributed by atoms with E-state index in [1.165, 1.54) is 0 Å². The van der Waals surface area contributed by atoms with E-state index in [1.54, 1.807) is 0 Å². The molecular weight excluding hydrogens is 220 g/mol. The summed E-state index contributed by atoms with van der Waals surface area (Å²) < 4.78 is 5.38. The summed E-state index contributed by atoms with van der Waals surface area (Å²) in [7, 11) is 0. The number of ketones is 1. The fourth-order valence-electron chi connectivity index (χ4n) is 2.65. The summed E-state index contributed by atoms with van der Waals surface area (Å²) in [5, 5.41) is 2.83. The summed E-state index contributed by atoms with van der Waals surface area (Å²) in [6.45, 7) is 4.38. The molecule has 1 amide bonds. The van der Waals surface area contributed by atoms with Gasteiger partial charge in [-0.3, -0.25) is 14.5 Å². The SMILES string of the molecule is CCNC(=O)C1COCCN1C1CCC(=O)C1. The molecule has 1 saturated heterocycles. The van der Waals surface area contributed by atoms with E-state index in [9.17, 15) is 9.59 Å². The van der Waals surface area contributed by atoms with Gasteiger partial charge in [-0.1, -0.05) is 0 Å². The molecule has 2 atom stereocenters. The Kier molecular flexibility index (Phi) is 4.12. The lowest BCUT2D eigenvalue weighted by molar-refractivity contribution is -0.135. The van der Waals surface area contributed by atoms with E-state index in [-0.39, 0.29) is 18.0 Å². The van der Waals surface area contributed by atoms with Gasteiger partial charge in [0, 0.05) is 32.0 Å². The first-order valence-corrected chi connectivity index (χ1v) is 6.35. The van der Waals surface area contributed by atoms with Gasteiger partial charge in [0.05, 0.1) is 13.2 Å². The first-order chi connectivity index (χ1) is 8.22. The van der Waals surface area contributed by atoms with Crippen molar-refractivity contribution >= 4 is 11.7 Å². The first kappa shape index (κ1) is 12.5. The molecule has 96 valence electrons. The Morgan fingerprint density at radius 1 is 1.59 bits per heavy atom. The third kappa shape index (κ3) is 2.84. The molecule has 0 aromatic rings. The number of nitrogens with zero attached hydrogens (tertiary/aromatic N) is 1. The molecule has 2 aliphatic rings. The Balaban J connectivity index is 2.01. The number of likely N-dealkylation sites (N-methyl/N-ethyl adjacent to an activating group) is 1. The van der Waals surface area contributed by atoms with E-state index in [0.29, 0.717) is 38.4 Å². The standard InChI is InChI=1S/C12H20N2O3/c1-2-13-12(16)11-8-17-6-5-14(11)9-3-4-10(15)7-9/h9,11H,2-8H2,1H3,(H,13,16). The van der Waals surface area contributed by atoms with Gasteiger partial charge in [0.25, 0.3) is 0 Å². The lowest BCUT2D eigenvalue weighted by atomic mass is 10.1. The van der Waals surface area contributed by atoms with Crippen LogP contribution in [0.4, 0.5) is 0 Å². The highest BCUT2D eigenvalue weighted by molar-refractivity contribution is 5.83. The predicted octanol–water partition coefficient (Wildman–Crippen LogP) is -0.0551. The number of Topliss-reactive ketones (excluding diaryl/α,β-unsaturated/α-hetero) is 1. The summed E-state index contributed by atoms with van der Waals surface area (Å²) in [6.07, 6.45) is 2.13. The fraction of sp³-hybridized carbons (Fsp3) is 0.833. The van der Waals surface area contributed by atoms with Crippen molar-refractivity contribution in [1.29, 1.82) is 0 Å². The highest BCUT2D eigenvalue weighted by Gasteiger charge is 2.37. The van der Waals surface area contributed by atoms with Gasteiger partial charge in [-0.05, 0) is 13.3 Å². The average Bonchev–Trinajstić information content (AvgIpc) is 2.76. The van der Waals surface area contributed by atoms with Gasteiger partial charge in [-0.15, -0.1) is 0 Å². The van der Waals surface area contributed by atoms with Crippen molar-refractivity contribution in [3.8, 4) is 0 Å². The van der Waals surface area contributed by atoms with Crippen LogP contribution >= 0.6 is 0 Å². The second-order valence-corrected chi connectivity index (χ2v) is 4.66. The lowest BCUT2D eigenvalue weighted by Gasteiger charge is -2.38. The van der Waals surface area contributed by atoms with Crippen LogP contribution in [0.1, 0.15) is 26.2 Å². The number of nitrogens with one attached hydrogen (secondary N) is 1. The van der Waals surface area contributed by atoms with Crippen LogP contribution in [0.2, 0.25) is 0 Å². The molecule has 0 radical (unpaired) electrons. The van der Waals surface area contributed by atoms with Crippen molar-refractivity contribution in [3.63, 3.8) is 0 Å². The van der Waals surface area contributed by atoms with Crippen LogP contribution in [-0.4, -0.2) is 55.0 Å². The van der Waals surface area contributed by atoms with Crippen LogP contribution in [0.25, 0.3) is 0 Å². The second-order valence-electron chi connectivity index (χ2n) is 4.66. The topological polar surface area (TPSA) is 58.6 Å². The number of amides is 1. The largest absolute Gasteiger partial charge is 0.378 e. The molecule has 2 fully saturated rings. The third-order valence-electron chi connectivity index (χ3n) is 3.51. The van der Waals surface area contributed by atoms with Gasteiger partial charge < -0.3 is 10.1 Å². The van der Waals surface area contributed by atoms with E-state index in [1.807, 2.05) is 6.92 Å². The smallest absolute Gasteiger partial charge is 0.239 e. The van der Waals surface area contributed by atoms with Crippen LogP contribution in [0, 0.1) is 0 Å². The van der Waals surface area contributed by atoms with E-state index in [2.05, 4.69) is 10.2 Å². The minimum Gasteiger partial charge on any atom is -0.378 e. The van der Waals surface area contributed by atoms with Gasteiger partial charge >= 0.3 is 0 Å². The highest BCUT2D eigenvalue weighted by atomic mass is 16.5. The van der Waals surface area contributed by atoms with Crippen molar-refractivity contribution in [1.82, 2.24) is 10.2 Å². The maximum absolute atomic E-state index is 11.9. The molecular formula is C12H20N2O3. The third-order valence-corrected chi connectivity index (χ3v) is 3.51. The number of rotatable bonds is 3. The summed E-state index contributed by atoms with van der Waals surface area (Å²) in [4.78, 5) is 25.4. The maximum atomic E-state index is 11.9. The zero-order valence-corrected chi connectivity index (χ0v) is 10.3. The van der Waals surface area contributed by atoms with E-state index in [4.69, 9.17) is 4.74 Å². The number of carbonyl (C=O) groups excluding carboxylic acids is 2. The van der Waals surface area contributed by atoms with E-state index >= 15 is 0 Å². The van der Waals surface area contributed by atoms with Crippen molar-refractivity contribution < 1.29 is 14.3 Å². The van der Waals surface area contributed by atoms with Gasteiger partial charge in [-0.25, -0.2) is 0 Å². The normalized spacial score (nSPS) is 30.5. The highest BCUT2D eigenvalue weighted by Crippen LogP contribution is 2.24. The summed E-state index contributed by atoms with van der Waals surface area (Å²) in [5.41, 5.74) is 0. The predicted molar refractivity (Wildman–Crippen MR) is 62.6 cm³/mol. The number of hydrogen-bond acceptors (Lipinski definition) is 4. The molecule has 0 aromatic heterocycles. The number of hydrogen-bond donors (Lipinski definition) is 1. The van der Waals surface area contributed by atoms with Crippen molar-refractivity contribution in [3.05, 3.63) is 0 Å². The molecule has 1 saturated carbocycles. The van der Waals surface area contributed by atoms with Crippen LogP contribution in [0.3, 0.4) is 0 Å². The number of morpholine rings is 1. The van der Waals surface area contributed by atoms with Crippen LogP contribution < -0.4 is 5.32 Å². The molecule has 1 heterocycles. The van der Waals surface area contributed by atoms with Crippen LogP contribution in [0.5, 0.6) is 0 Å². The molecule has 5 heteroatoms. The Hall–Kier alpha value is -0.940. The molecule has 2 rings (SSSR count). The lowest BCUT2D eigenvalue weighted by Crippen LogP contribution is -2.56. The van der Waals surface area contributed by atoms with Gasteiger partial charge in [0.2, 0.25) is 5.91 Å². The molecule has 0 spiro atoms. The maximum Gasteiger partial charge on any atom is 0.239 e. The zero-order valence-electron chi connectivity index (χ0n) is 10.3. The molecule has 0 aromatic carbocycles. The molecule has 1 aliphatic heterocycles. The Morgan fingerprint density at radius 2 is 2.41 bits per heavy atom. The Bertz CT molecular complexity index is 306. The van der Waals surface area contributed by atoms with Gasteiger partial charge in [-0.2, -0.15) is 0 Å². The minimum atomic E-state index is -0.223. The van der Waals surface area contributed by atoms with Gasteiger partial charge in [0.1, 0.15) is 11.8 Å². The number of ether oxygens (including phenoxy) is 1. The van der Waals surface area contributed by atoms with E-state index < -0.39 is 0 Å². The van der Waals surface area contributed by atoms with Crippen LogP contribution in [0.15, 0.2) is 0 Å². The summed E-state index contributed by atoms with van der Waals surface area (Å²) >= 11 is 0. The zero-order chi connectivity index (χ0) is 12.3. The molecule has 1 N–H and O–H groups in total. The summed E-state index contributed by atoms with van der Waals surface area (Å²) in [5.74, 6) is 0.336. The van der Waals surface area contributed by atoms with Crippen molar-refractivity contribution in [2.75, 3.05) is 26.3 Å². The van der Waals surface area contributed by atoms with E-state index in [0.717, 1.165) is 13.0 Å². The first-order valence-electron chi connectivity index (χ1n) is 6.35. The van der Waals surface area contributed by atoms with Crippen molar-refractivity contribution in [2.24, 2.45) is 0 Å². The van der Waals surface area contributed by atoms with Crippen molar-refractivity contribution in [2.45, 2.75) is 38.3 Å². The molecule has 5 nitrogen and oxygen atoms in total. The fourth-order valence-corrected chi connectivity index (χ4v) is 2.65. The Labute approximate surface area is 101 Å². The summed E-state index contributed by atoms with van der Waals surface area (Å²) in [6, 6.07) is 0.0126. The average molecular weight is 240 g/mol. The number of carbonyl (C=O) groups is 2. The Morgan fingerprint density at radius 3 is 3.06 bits per heavy atom. The second kappa shape index (κ2) is 5.60. The molecule has 0 bridgehead atoms. The van der Waals surface area contributed by atoms with Gasteiger partial charge in [0.15, 0.2) is 0 Å².